The first-order chi connectivity index (χ1) is 10.1. The van der Waals surface area contributed by atoms with Crippen molar-refractivity contribution >= 4 is 10.8 Å². The molecule has 0 spiro atoms. The van der Waals surface area contributed by atoms with Gasteiger partial charge in [-0.25, -0.2) is 0 Å². The number of fused-ring (bicyclic) bond motifs is 1. The second-order valence-electron chi connectivity index (χ2n) is 6.26. The van der Waals surface area contributed by atoms with Crippen molar-refractivity contribution < 1.29 is 5.48 Å². The van der Waals surface area contributed by atoms with Crippen LogP contribution in [0.5, 0.6) is 0 Å². The Morgan fingerprint density at radius 2 is 1.68 bits per heavy atom. The van der Waals surface area contributed by atoms with E-state index in [0.29, 0.717) is 0 Å². The zero-order chi connectivity index (χ0) is 15.2. The Morgan fingerprint density at radius 3 is 2.41 bits per heavy atom. The van der Waals surface area contributed by atoms with Crippen molar-refractivity contribution in [3.05, 3.63) is 47.0 Å². The number of rotatable bonds is 7. The molecular weight excluding hydrogens is 270 g/mol. The molecule has 0 radical (unpaired) electrons. The summed E-state index contributed by atoms with van der Waals surface area (Å²) in [5.74, 6) is 0. The Hall–Kier alpha value is -1.38. The highest BCUT2D eigenvalue weighted by Crippen LogP contribution is 2.31. The number of hydrogen-bond acceptors (Lipinski definition) is 1. The molecule has 4 N–H and O–H groups in total. The topological polar surface area (TPSA) is 57.5 Å². The van der Waals surface area contributed by atoms with Crippen molar-refractivity contribution in [2.75, 3.05) is 0 Å². The molecule has 0 saturated heterocycles. The minimum Gasteiger partial charge on any atom is -0.412 e. The Balaban J connectivity index is 0.00000242. The molecule has 22 heavy (non-hydrogen) atoms. The van der Waals surface area contributed by atoms with Gasteiger partial charge in [0, 0.05) is 6.04 Å². The van der Waals surface area contributed by atoms with E-state index in [1.165, 1.54) is 59.6 Å². The van der Waals surface area contributed by atoms with Crippen LogP contribution < -0.4 is 5.73 Å². The van der Waals surface area contributed by atoms with Crippen LogP contribution in [0.1, 0.15) is 68.2 Å². The van der Waals surface area contributed by atoms with Gasteiger partial charge in [-0.05, 0) is 47.7 Å². The number of aryl methyl sites for hydroxylation is 1. The van der Waals surface area contributed by atoms with E-state index in [9.17, 15) is 0 Å². The molecule has 0 aliphatic rings. The van der Waals surface area contributed by atoms with Crippen molar-refractivity contribution in [1.82, 2.24) is 0 Å². The molecule has 0 heterocycles. The molecular formula is C20H31NO. The van der Waals surface area contributed by atoms with Crippen LogP contribution in [-0.4, -0.2) is 5.48 Å². The fourth-order valence-electron chi connectivity index (χ4n) is 3.21. The fourth-order valence-corrected chi connectivity index (χ4v) is 3.21. The lowest BCUT2D eigenvalue weighted by Gasteiger charge is -2.19. The van der Waals surface area contributed by atoms with Crippen LogP contribution >= 0.6 is 0 Å². The molecule has 2 heteroatoms. The van der Waals surface area contributed by atoms with E-state index in [2.05, 4.69) is 51.1 Å². The molecule has 0 aromatic heterocycles. The molecule has 0 bridgehead atoms. The first kappa shape index (κ1) is 18.7. The summed E-state index contributed by atoms with van der Waals surface area (Å²) in [6, 6.07) is 11.1. The smallest absolute Gasteiger partial charge is 0.0303 e. The highest BCUT2D eigenvalue weighted by molar-refractivity contribution is 5.88. The summed E-state index contributed by atoms with van der Waals surface area (Å²) >= 11 is 0. The Kier molecular flexibility index (Phi) is 7.57. The number of unbranched alkanes of at least 4 members (excludes halogenated alkanes) is 4. The van der Waals surface area contributed by atoms with Crippen molar-refractivity contribution in [1.29, 1.82) is 0 Å². The summed E-state index contributed by atoms with van der Waals surface area (Å²) in [7, 11) is 0. The van der Waals surface area contributed by atoms with Gasteiger partial charge >= 0.3 is 0 Å². The van der Waals surface area contributed by atoms with E-state index in [0.717, 1.165) is 6.42 Å². The van der Waals surface area contributed by atoms with Gasteiger partial charge in [-0.2, -0.15) is 0 Å². The summed E-state index contributed by atoms with van der Waals surface area (Å²) in [6.45, 7) is 6.67. The molecule has 0 aliphatic heterocycles. The first-order valence-corrected chi connectivity index (χ1v) is 8.39. The predicted molar refractivity (Wildman–Crippen MR) is 97.3 cm³/mol. The highest BCUT2D eigenvalue weighted by Gasteiger charge is 2.14. The van der Waals surface area contributed by atoms with Crippen molar-refractivity contribution in [2.45, 2.75) is 65.3 Å². The minimum absolute atomic E-state index is 0. The fraction of sp³-hybridized carbons (Fsp3) is 0.500. The maximum absolute atomic E-state index is 6.55. The second-order valence-corrected chi connectivity index (χ2v) is 6.26. The average molecular weight is 301 g/mol. The predicted octanol–water partition coefficient (Wildman–Crippen LogP) is 4.99. The van der Waals surface area contributed by atoms with E-state index < -0.39 is 0 Å². The van der Waals surface area contributed by atoms with Gasteiger partial charge in [0.2, 0.25) is 0 Å². The summed E-state index contributed by atoms with van der Waals surface area (Å²) in [6.07, 6.45) is 7.64. The summed E-state index contributed by atoms with van der Waals surface area (Å²) in [5, 5.41) is 2.65. The van der Waals surface area contributed by atoms with Crippen LogP contribution in [0.2, 0.25) is 0 Å². The van der Waals surface area contributed by atoms with Crippen LogP contribution in [0.4, 0.5) is 0 Å². The largest absolute Gasteiger partial charge is 0.412 e. The standard InChI is InChI=1S/C20H29N.H2O/c1-4-5-6-7-8-13-19(21)20-16(3)15(2)14-17-11-9-10-12-18(17)20;/h9-12,14,19H,4-8,13,21H2,1-3H3;1H2. The monoisotopic (exact) mass is 301 g/mol. The van der Waals surface area contributed by atoms with Crippen molar-refractivity contribution in [3.63, 3.8) is 0 Å². The van der Waals surface area contributed by atoms with Crippen LogP contribution in [0.25, 0.3) is 10.8 Å². The maximum Gasteiger partial charge on any atom is 0.0303 e. The lowest BCUT2D eigenvalue weighted by Crippen LogP contribution is -2.13. The van der Waals surface area contributed by atoms with Crippen molar-refractivity contribution in [3.8, 4) is 0 Å². The average Bonchev–Trinajstić information content (AvgIpc) is 2.48. The lowest BCUT2D eigenvalue weighted by atomic mass is 9.89. The van der Waals surface area contributed by atoms with Crippen LogP contribution in [-0.2, 0) is 0 Å². The van der Waals surface area contributed by atoms with Gasteiger partial charge in [0.05, 0.1) is 0 Å². The summed E-state index contributed by atoms with van der Waals surface area (Å²) in [4.78, 5) is 0. The van der Waals surface area contributed by atoms with Gasteiger partial charge in [0.25, 0.3) is 0 Å². The quantitative estimate of drug-likeness (QED) is 0.719. The minimum atomic E-state index is 0. The number of benzene rings is 2. The molecule has 0 saturated carbocycles. The zero-order valence-corrected chi connectivity index (χ0v) is 14.3. The van der Waals surface area contributed by atoms with E-state index in [4.69, 9.17) is 5.73 Å². The third-order valence-electron chi connectivity index (χ3n) is 4.61. The van der Waals surface area contributed by atoms with E-state index in [1.54, 1.807) is 0 Å². The van der Waals surface area contributed by atoms with Gasteiger partial charge in [0.1, 0.15) is 0 Å². The summed E-state index contributed by atoms with van der Waals surface area (Å²) in [5.41, 5.74) is 10.6. The number of hydrogen-bond donors (Lipinski definition) is 1. The molecule has 0 aliphatic carbocycles. The Labute approximate surface area is 135 Å². The molecule has 1 atom stereocenters. The highest BCUT2D eigenvalue weighted by atomic mass is 16.0. The van der Waals surface area contributed by atoms with E-state index >= 15 is 0 Å². The SMILES string of the molecule is CCCCCCCC(N)c1c(C)c(C)cc2ccccc12.O. The van der Waals surface area contributed by atoms with Gasteiger partial charge in [-0.15, -0.1) is 0 Å². The van der Waals surface area contributed by atoms with Gasteiger partial charge in [0.15, 0.2) is 0 Å². The van der Waals surface area contributed by atoms with Gasteiger partial charge < -0.3 is 11.2 Å². The molecule has 2 aromatic carbocycles. The molecule has 0 fully saturated rings. The molecule has 2 nitrogen and oxygen atoms in total. The molecule has 2 rings (SSSR count). The normalized spacial score (nSPS) is 12.2. The third-order valence-corrected chi connectivity index (χ3v) is 4.61. The van der Waals surface area contributed by atoms with Crippen LogP contribution in [0, 0.1) is 13.8 Å². The molecule has 2 aromatic rings. The lowest BCUT2D eigenvalue weighted by molar-refractivity contribution is 0.555. The van der Waals surface area contributed by atoms with Crippen molar-refractivity contribution in [2.24, 2.45) is 5.73 Å². The first-order valence-electron chi connectivity index (χ1n) is 8.39. The maximum atomic E-state index is 6.55. The van der Waals surface area contributed by atoms with E-state index in [1.807, 2.05) is 0 Å². The Morgan fingerprint density at radius 1 is 1.00 bits per heavy atom. The van der Waals surface area contributed by atoms with Crippen LogP contribution in [0.15, 0.2) is 30.3 Å². The summed E-state index contributed by atoms with van der Waals surface area (Å²) < 4.78 is 0. The second kappa shape index (κ2) is 8.92. The third kappa shape index (κ3) is 4.31. The van der Waals surface area contributed by atoms with Crippen LogP contribution in [0.3, 0.4) is 0 Å². The molecule has 122 valence electrons. The van der Waals surface area contributed by atoms with Gasteiger partial charge in [-0.1, -0.05) is 69.4 Å². The van der Waals surface area contributed by atoms with E-state index in [-0.39, 0.29) is 11.5 Å². The molecule has 0 amide bonds. The zero-order valence-electron chi connectivity index (χ0n) is 14.3. The molecule has 1 unspecified atom stereocenters. The van der Waals surface area contributed by atoms with Gasteiger partial charge in [-0.3, -0.25) is 0 Å². The number of nitrogens with two attached hydrogens (primary N) is 1. The Bertz CT molecular complexity index is 592.